The molecule has 0 rings (SSSR count). The quantitative estimate of drug-likeness (QED) is 0.344. The topological polar surface area (TPSA) is 92.2 Å². The standard InChI is InChI=1S/Ca.2ClO2/c;2*2-1-3/q+2;2*-1. The van der Waals surface area contributed by atoms with E-state index in [0.717, 1.165) is 0 Å². The molecule has 0 saturated heterocycles. The van der Waals surface area contributed by atoms with Gasteiger partial charge in [0.15, 0.2) is 0 Å². The van der Waals surface area contributed by atoms with E-state index < -0.39 is 22.7 Å². The summed E-state index contributed by atoms with van der Waals surface area (Å²) in [5, 5.41) is 0. The zero-order valence-corrected chi connectivity index (χ0v) is 6.82. The van der Waals surface area contributed by atoms with E-state index in [-0.39, 0.29) is 37.7 Å². The predicted molar refractivity (Wildman–Crippen MR) is 5.75 cm³/mol. The molecule has 4 nitrogen and oxygen atoms in total. The predicted octanol–water partition coefficient (Wildman–Crippen LogP) is -5.14. The summed E-state index contributed by atoms with van der Waals surface area (Å²) in [7, 11) is 0. The maximum Gasteiger partial charge on any atom is 2.00 e. The minimum atomic E-state index is -0.417. The largest absolute Gasteiger partial charge is 2.00 e. The average molecular weight is 175 g/mol. The molecule has 0 aliphatic rings. The van der Waals surface area contributed by atoms with Crippen LogP contribution in [0.5, 0.6) is 0 Å². The van der Waals surface area contributed by atoms with Crippen LogP contribution in [-0.2, 0) is 0 Å². The Morgan fingerprint density at radius 2 is 0.714 bits per heavy atom. The fourth-order valence-corrected chi connectivity index (χ4v) is 0. The van der Waals surface area contributed by atoms with Crippen LogP contribution in [0.4, 0.5) is 0 Å². The van der Waals surface area contributed by atoms with Gasteiger partial charge in [-0.05, 0) is 0 Å². The van der Waals surface area contributed by atoms with E-state index in [1.165, 1.54) is 0 Å². The van der Waals surface area contributed by atoms with Crippen molar-refractivity contribution >= 4 is 37.7 Å². The van der Waals surface area contributed by atoms with E-state index in [1.54, 1.807) is 0 Å². The van der Waals surface area contributed by atoms with Crippen molar-refractivity contribution in [2.75, 3.05) is 0 Å². The molecule has 0 aromatic rings. The minimum absolute atomic E-state index is 0. The zero-order valence-electron chi connectivity index (χ0n) is 3.10. The summed E-state index contributed by atoms with van der Waals surface area (Å²) >= 11 is -0.833. The van der Waals surface area contributed by atoms with Crippen LogP contribution in [0.25, 0.3) is 0 Å². The normalized spacial score (nSPS) is 5.14. The molecule has 0 heterocycles. The monoisotopic (exact) mass is 174 g/mol. The summed E-state index contributed by atoms with van der Waals surface area (Å²) in [5.74, 6) is 0. The Morgan fingerprint density at radius 1 is 0.714 bits per heavy atom. The van der Waals surface area contributed by atoms with Crippen molar-refractivity contribution in [2.45, 2.75) is 0 Å². The average Bonchev–Trinajstić information content (AvgIpc) is 1.39. The Labute approximate surface area is 78.3 Å². The number of hydrogen-bond donors (Lipinski definition) is 0. The maximum absolute atomic E-state index is 8.24. The summed E-state index contributed by atoms with van der Waals surface area (Å²) in [6.07, 6.45) is 0. The van der Waals surface area contributed by atoms with Crippen molar-refractivity contribution in [2.24, 2.45) is 0 Å². The van der Waals surface area contributed by atoms with Gasteiger partial charge in [0.1, 0.15) is 0 Å². The third-order valence-electron chi connectivity index (χ3n) is 0. The van der Waals surface area contributed by atoms with Crippen molar-refractivity contribution < 1.29 is 41.3 Å². The van der Waals surface area contributed by atoms with Crippen LogP contribution in [0.3, 0.4) is 0 Å². The third-order valence-corrected chi connectivity index (χ3v) is 0. The Kier molecular flexibility index (Phi) is 57.4. The van der Waals surface area contributed by atoms with E-state index in [1.807, 2.05) is 0 Å². The molecule has 0 aromatic heterocycles. The summed E-state index contributed by atoms with van der Waals surface area (Å²) in [6.45, 7) is 0. The molecule has 0 aliphatic carbocycles. The van der Waals surface area contributed by atoms with Gasteiger partial charge in [-0.3, -0.25) is 0 Å². The molecule has 0 atom stereocenters. The van der Waals surface area contributed by atoms with Crippen molar-refractivity contribution in [3.05, 3.63) is 0 Å². The van der Waals surface area contributed by atoms with Gasteiger partial charge in [-0.2, -0.15) is 0 Å². The zero-order chi connectivity index (χ0) is 5.41. The Bertz CT molecular complexity index is 11.7. The fraction of sp³-hybridized carbons (Fsp3) is 0. The first-order chi connectivity index (χ1) is 2.83. The molecule has 0 bridgehead atoms. The van der Waals surface area contributed by atoms with Gasteiger partial charge < -0.3 is 18.6 Å². The van der Waals surface area contributed by atoms with Gasteiger partial charge >= 0.3 is 37.7 Å². The number of hydrogen-bond acceptors (Lipinski definition) is 4. The summed E-state index contributed by atoms with van der Waals surface area (Å²) in [5.41, 5.74) is 0. The van der Waals surface area contributed by atoms with Crippen LogP contribution in [0, 0.1) is 22.7 Å². The van der Waals surface area contributed by atoms with Crippen LogP contribution in [0.2, 0.25) is 0 Å². The molecule has 0 N–H and O–H groups in total. The van der Waals surface area contributed by atoms with Gasteiger partial charge in [-0.1, -0.05) is 0 Å². The van der Waals surface area contributed by atoms with Crippen LogP contribution in [0.1, 0.15) is 0 Å². The van der Waals surface area contributed by atoms with E-state index in [0.29, 0.717) is 0 Å². The molecule has 0 aromatic carbocycles. The molecule has 0 fully saturated rings. The van der Waals surface area contributed by atoms with Crippen LogP contribution in [0.15, 0.2) is 0 Å². The van der Waals surface area contributed by atoms with Gasteiger partial charge in [-0.15, -0.1) is 0 Å². The molecule has 0 aliphatic heterocycles. The number of halogens is 2. The van der Waals surface area contributed by atoms with Gasteiger partial charge in [0.05, 0.1) is 22.7 Å². The van der Waals surface area contributed by atoms with Crippen LogP contribution >= 0.6 is 0 Å². The van der Waals surface area contributed by atoms with E-state index in [4.69, 9.17) is 18.6 Å². The second-order valence-corrected chi connectivity index (χ2v) is 0.378. The van der Waals surface area contributed by atoms with Gasteiger partial charge in [-0.25, -0.2) is 0 Å². The first kappa shape index (κ1) is 15.9. The molecule has 0 unspecified atom stereocenters. The molecule has 40 valence electrons. The van der Waals surface area contributed by atoms with Gasteiger partial charge in [0, 0.05) is 0 Å². The summed E-state index contributed by atoms with van der Waals surface area (Å²) in [6, 6.07) is 0. The molecular weight excluding hydrogens is 175 g/mol. The van der Waals surface area contributed by atoms with Gasteiger partial charge in [0.25, 0.3) is 0 Å². The Hall–Kier alpha value is 1.68. The Morgan fingerprint density at radius 3 is 0.714 bits per heavy atom. The Balaban J connectivity index is -0.0000000400. The van der Waals surface area contributed by atoms with Gasteiger partial charge in [0.2, 0.25) is 0 Å². The smallest absolute Gasteiger partial charge is 0.544 e. The molecule has 7 heteroatoms. The molecule has 7 heavy (non-hydrogen) atoms. The van der Waals surface area contributed by atoms with Crippen LogP contribution in [-0.4, -0.2) is 37.7 Å². The fourth-order valence-electron chi connectivity index (χ4n) is 0. The summed E-state index contributed by atoms with van der Waals surface area (Å²) in [4.78, 5) is 0. The van der Waals surface area contributed by atoms with Crippen molar-refractivity contribution in [1.29, 1.82) is 0 Å². The SMILES string of the molecule is [Ca+2].[O-][Cl+][O-].[O-][Cl+][O-]. The third kappa shape index (κ3) is 87.8. The summed E-state index contributed by atoms with van der Waals surface area (Å²) < 4.78 is 32.9. The molecule has 0 radical (unpaired) electrons. The first-order valence-electron chi connectivity index (χ1n) is 0.617. The molecule has 0 amide bonds. The van der Waals surface area contributed by atoms with E-state index in [9.17, 15) is 0 Å². The van der Waals surface area contributed by atoms with Crippen molar-refractivity contribution in [3.63, 3.8) is 0 Å². The molecular formula is CaCl2O4. The van der Waals surface area contributed by atoms with Crippen LogP contribution < -0.4 is 18.6 Å². The number of rotatable bonds is 0. The van der Waals surface area contributed by atoms with Crippen molar-refractivity contribution in [1.82, 2.24) is 0 Å². The first-order valence-corrected chi connectivity index (χ1v) is 1.85. The second kappa shape index (κ2) is 25.3. The maximum atomic E-state index is 8.24. The van der Waals surface area contributed by atoms with Crippen molar-refractivity contribution in [3.8, 4) is 0 Å². The minimum Gasteiger partial charge on any atom is -0.544 e. The second-order valence-electron chi connectivity index (χ2n) is 0.126. The molecule has 0 saturated carbocycles. The van der Waals surface area contributed by atoms with E-state index >= 15 is 0 Å². The van der Waals surface area contributed by atoms with E-state index in [2.05, 4.69) is 0 Å². The molecule has 0 spiro atoms.